The number of benzene rings is 2. The zero-order valence-electron chi connectivity index (χ0n) is 14.3. The second-order valence-corrected chi connectivity index (χ2v) is 6.87. The van der Waals surface area contributed by atoms with E-state index in [1.54, 1.807) is 16.8 Å². The highest BCUT2D eigenvalue weighted by molar-refractivity contribution is 7.98. The van der Waals surface area contributed by atoms with Crippen LogP contribution in [-0.4, -0.2) is 29.9 Å². The summed E-state index contributed by atoms with van der Waals surface area (Å²) in [4.78, 5) is 19.1. The van der Waals surface area contributed by atoms with Crippen molar-refractivity contribution in [3.8, 4) is 5.69 Å². The Morgan fingerprint density at radius 2 is 1.96 bits per heavy atom. The second-order valence-electron chi connectivity index (χ2n) is 5.90. The van der Waals surface area contributed by atoms with Crippen LogP contribution in [0.4, 0.5) is 5.69 Å². The average Bonchev–Trinajstić information content (AvgIpc) is 3.12. The molecular formula is C18H14N6O2S. The summed E-state index contributed by atoms with van der Waals surface area (Å²) in [6, 6.07) is 14.5. The maximum Gasteiger partial charge on any atom is 0.269 e. The van der Waals surface area contributed by atoms with Crippen LogP contribution in [0.1, 0.15) is 11.1 Å². The van der Waals surface area contributed by atoms with Crippen molar-refractivity contribution in [2.45, 2.75) is 17.7 Å². The molecule has 0 bridgehead atoms. The fourth-order valence-corrected chi connectivity index (χ4v) is 3.48. The van der Waals surface area contributed by atoms with Crippen LogP contribution in [0.3, 0.4) is 0 Å². The molecule has 2 heterocycles. The minimum atomic E-state index is -0.399. The van der Waals surface area contributed by atoms with E-state index in [9.17, 15) is 10.1 Å². The van der Waals surface area contributed by atoms with Crippen LogP contribution in [0.5, 0.6) is 0 Å². The fourth-order valence-electron chi connectivity index (χ4n) is 2.61. The smallest absolute Gasteiger partial charge is 0.258 e. The molecule has 4 rings (SSSR count). The number of non-ortho nitro benzene ring substituents is 1. The highest BCUT2D eigenvalue weighted by Gasteiger charge is 2.14. The molecule has 134 valence electrons. The molecule has 4 aromatic rings. The van der Waals surface area contributed by atoms with E-state index < -0.39 is 4.92 Å². The molecule has 0 aliphatic heterocycles. The molecule has 0 atom stereocenters. The predicted molar refractivity (Wildman–Crippen MR) is 102 cm³/mol. The van der Waals surface area contributed by atoms with Gasteiger partial charge in [-0.2, -0.15) is 4.68 Å². The van der Waals surface area contributed by atoms with Crippen molar-refractivity contribution in [1.82, 2.24) is 25.0 Å². The largest absolute Gasteiger partial charge is 0.269 e. The SMILES string of the molecule is Cc1ccc(-n2nnc3c(SCc4cccc([N+](=O)[O-])c4)ncnc32)cc1. The van der Waals surface area contributed by atoms with Gasteiger partial charge in [-0.05, 0) is 24.6 Å². The first-order valence-electron chi connectivity index (χ1n) is 8.11. The molecule has 27 heavy (non-hydrogen) atoms. The minimum absolute atomic E-state index is 0.0752. The summed E-state index contributed by atoms with van der Waals surface area (Å²) in [7, 11) is 0. The highest BCUT2D eigenvalue weighted by Crippen LogP contribution is 2.28. The van der Waals surface area contributed by atoms with Gasteiger partial charge in [-0.25, -0.2) is 9.97 Å². The Bertz CT molecular complexity index is 1130. The van der Waals surface area contributed by atoms with Gasteiger partial charge in [0.25, 0.3) is 5.69 Å². The first kappa shape index (κ1) is 17.1. The van der Waals surface area contributed by atoms with E-state index in [1.165, 1.54) is 24.2 Å². The normalized spacial score (nSPS) is 11.0. The maximum atomic E-state index is 10.9. The van der Waals surface area contributed by atoms with Crippen LogP contribution >= 0.6 is 11.8 Å². The van der Waals surface area contributed by atoms with Crippen LogP contribution in [0.25, 0.3) is 16.9 Å². The Labute approximate surface area is 158 Å². The van der Waals surface area contributed by atoms with E-state index in [4.69, 9.17) is 0 Å². The van der Waals surface area contributed by atoms with Gasteiger partial charge in [-0.3, -0.25) is 10.1 Å². The van der Waals surface area contributed by atoms with E-state index in [1.807, 2.05) is 37.3 Å². The topological polar surface area (TPSA) is 99.6 Å². The zero-order valence-corrected chi connectivity index (χ0v) is 15.1. The third-order valence-corrected chi connectivity index (χ3v) is 5.03. The molecule has 0 saturated heterocycles. The minimum Gasteiger partial charge on any atom is -0.258 e. The van der Waals surface area contributed by atoms with Gasteiger partial charge in [0.05, 0.1) is 10.6 Å². The van der Waals surface area contributed by atoms with Crippen LogP contribution in [0, 0.1) is 17.0 Å². The van der Waals surface area contributed by atoms with Crippen LogP contribution < -0.4 is 0 Å². The number of nitro groups is 1. The lowest BCUT2D eigenvalue weighted by molar-refractivity contribution is -0.384. The maximum absolute atomic E-state index is 10.9. The van der Waals surface area contributed by atoms with Crippen molar-refractivity contribution >= 4 is 28.6 Å². The zero-order chi connectivity index (χ0) is 18.8. The molecule has 0 aliphatic carbocycles. The number of hydrogen-bond donors (Lipinski definition) is 0. The first-order chi connectivity index (χ1) is 13.1. The lowest BCUT2D eigenvalue weighted by Gasteiger charge is -2.03. The molecule has 2 aromatic heterocycles. The third kappa shape index (κ3) is 3.49. The summed E-state index contributed by atoms with van der Waals surface area (Å²) in [5, 5.41) is 20.0. The van der Waals surface area contributed by atoms with Crippen molar-refractivity contribution in [3.63, 3.8) is 0 Å². The number of rotatable bonds is 5. The Balaban J connectivity index is 1.62. The summed E-state index contributed by atoms with van der Waals surface area (Å²) in [6.07, 6.45) is 1.48. The molecule has 2 aromatic carbocycles. The van der Waals surface area contributed by atoms with Gasteiger partial charge in [0, 0.05) is 17.9 Å². The van der Waals surface area contributed by atoms with Crippen LogP contribution in [0.15, 0.2) is 59.9 Å². The Kier molecular flexibility index (Phi) is 4.51. The van der Waals surface area contributed by atoms with Gasteiger partial charge < -0.3 is 0 Å². The molecule has 0 aliphatic rings. The number of fused-ring (bicyclic) bond motifs is 1. The molecule has 0 unspecified atom stereocenters. The molecule has 0 amide bonds. The van der Waals surface area contributed by atoms with Crippen LogP contribution in [-0.2, 0) is 5.75 Å². The van der Waals surface area contributed by atoms with Crippen molar-refractivity contribution in [3.05, 3.63) is 76.1 Å². The molecule has 8 nitrogen and oxygen atoms in total. The second kappa shape index (κ2) is 7.12. The number of hydrogen-bond acceptors (Lipinski definition) is 7. The summed E-state index contributed by atoms with van der Waals surface area (Å²) >= 11 is 1.44. The Hall–Kier alpha value is -3.33. The summed E-state index contributed by atoms with van der Waals surface area (Å²) in [5.74, 6) is 0.533. The number of nitrogens with zero attached hydrogens (tertiary/aromatic N) is 6. The predicted octanol–water partition coefficient (Wildman–Crippen LogP) is 3.72. The molecule has 0 fully saturated rings. The molecule has 0 radical (unpaired) electrons. The Morgan fingerprint density at radius 1 is 1.15 bits per heavy atom. The van der Waals surface area contributed by atoms with E-state index in [-0.39, 0.29) is 5.69 Å². The monoisotopic (exact) mass is 378 g/mol. The number of thioether (sulfide) groups is 1. The lowest BCUT2D eigenvalue weighted by Crippen LogP contribution is -1.98. The number of aromatic nitrogens is 5. The summed E-state index contributed by atoms with van der Waals surface area (Å²) < 4.78 is 1.67. The van der Waals surface area contributed by atoms with E-state index in [0.717, 1.165) is 16.8 Å². The first-order valence-corrected chi connectivity index (χ1v) is 9.10. The highest BCUT2D eigenvalue weighted by atomic mass is 32.2. The van der Waals surface area contributed by atoms with Gasteiger partial charge in [0.2, 0.25) is 0 Å². The summed E-state index contributed by atoms with van der Waals surface area (Å²) in [6.45, 7) is 2.02. The van der Waals surface area contributed by atoms with Gasteiger partial charge >= 0.3 is 0 Å². The van der Waals surface area contributed by atoms with Crippen molar-refractivity contribution in [1.29, 1.82) is 0 Å². The third-order valence-electron chi connectivity index (χ3n) is 3.98. The van der Waals surface area contributed by atoms with Gasteiger partial charge in [-0.15, -0.1) is 5.10 Å². The van der Waals surface area contributed by atoms with Crippen molar-refractivity contribution in [2.75, 3.05) is 0 Å². The molecule has 0 spiro atoms. The molecular weight excluding hydrogens is 364 g/mol. The van der Waals surface area contributed by atoms with Crippen molar-refractivity contribution < 1.29 is 4.92 Å². The van der Waals surface area contributed by atoms with Crippen molar-refractivity contribution in [2.24, 2.45) is 0 Å². The quantitative estimate of drug-likeness (QED) is 0.226. The Morgan fingerprint density at radius 3 is 2.74 bits per heavy atom. The van der Waals surface area contributed by atoms with E-state index in [2.05, 4.69) is 20.3 Å². The molecule has 0 saturated carbocycles. The standard InChI is InChI=1S/C18H14N6O2S/c1-12-5-7-14(8-6-12)23-17-16(21-22-23)18(20-11-19-17)27-10-13-3-2-4-15(9-13)24(25)26/h2-9,11H,10H2,1H3. The van der Waals surface area contributed by atoms with E-state index in [0.29, 0.717) is 21.9 Å². The van der Waals surface area contributed by atoms with Crippen LogP contribution in [0.2, 0.25) is 0 Å². The summed E-state index contributed by atoms with van der Waals surface area (Å²) in [5.41, 5.74) is 4.17. The van der Waals surface area contributed by atoms with E-state index >= 15 is 0 Å². The lowest BCUT2D eigenvalue weighted by atomic mass is 10.2. The van der Waals surface area contributed by atoms with Gasteiger partial charge in [0.1, 0.15) is 11.4 Å². The molecule has 9 heteroatoms. The molecule has 0 N–H and O–H groups in total. The van der Waals surface area contributed by atoms with Gasteiger partial charge in [-0.1, -0.05) is 46.8 Å². The number of aryl methyl sites for hydroxylation is 1. The van der Waals surface area contributed by atoms with Gasteiger partial charge in [0.15, 0.2) is 11.2 Å². The average molecular weight is 378 g/mol. The fraction of sp³-hybridized carbons (Fsp3) is 0.111. The number of nitro benzene ring substituents is 1.